The van der Waals surface area contributed by atoms with Gasteiger partial charge in [0, 0.05) is 34.7 Å². The second-order valence-electron chi connectivity index (χ2n) is 8.06. The number of halogens is 13. The molecule has 0 fully saturated rings. The fourth-order valence-corrected chi connectivity index (χ4v) is 4.25. The maximum atomic E-state index is 16.3. The van der Waals surface area contributed by atoms with Crippen LogP contribution in [0.25, 0.3) is 5.57 Å². The Labute approximate surface area is 193 Å². The van der Waals surface area contributed by atoms with Crippen LogP contribution in [0.3, 0.4) is 0 Å². The molecule has 0 aromatic heterocycles. The lowest BCUT2D eigenvalue weighted by atomic mass is 9.86. The van der Waals surface area contributed by atoms with E-state index in [-0.39, 0.29) is 6.42 Å². The standard InChI is InChI=1S/C22H9F13N/c1-4(2)36(19-17(31)15(29)14(28)16(30)18(19)32)22(35)20(33)8-6(10(24)21(22)34)3-5-7(8)11(25)13(27)12(26)9(5)23/h3-4,20H,1-2H3. The number of rotatable bonds is 3. The van der Waals surface area contributed by atoms with Crippen molar-refractivity contribution in [3.05, 3.63) is 87.1 Å². The summed E-state index contributed by atoms with van der Waals surface area (Å²) in [6.45, 7) is 1.54. The van der Waals surface area contributed by atoms with Gasteiger partial charge in [0.1, 0.15) is 5.69 Å². The Kier molecular flexibility index (Phi) is 5.87. The van der Waals surface area contributed by atoms with Gasteiger partial charge in [-0.25, -0.2) is 57.1 Å². The van der Waals surface area contributed by atoms with E-state index in [0.29, 0.717) is 0 Å². The lowest BCUT2D eigenvalue weighted by Crippen LogP contribution is -2.58. The molecular weight excluding hydrogens is 525 g/mol. The van der Waals surface area contributed by atoms with Crippen molar-refractivity contribution in [3.63, 3.8) is 0 Å². The summed E-state index contributed by atoms with van der Waals surface area (Å²) in [5.41, 5.74) is -8.14. The number of nitrogens with zero attached hydrogens (tertiary/aromatic N) is 1. The summed E-state index contributed by atoms with van der Waals surface area (Å²) in [5.74, 6) is -32.9. The van der Waals surface area contributed by atoms with Crippen molar-refractivity contribution in [2.45, 2.75) is 31.9 Å². The lowest BCUT2D eigenvalue weighted by Gasteiger charge is -2.44. The number of fused-ring (bicyclic) bond motifs is 2. The molecule has 1 radical (unpaired) electrons. The van der Waals surface area contributed by atoms with E-state index in [1.54, 1.807) is 0 Å². The molecule has 2 aliphatic rings. The average Bonchev–Trinajstić information content (AvgIpc) is 3.24. The summed E-state index contributed by atoms with van der Waals surface area (Å²) in [6.07, 6.45) is -3.65. The van der Waals surface area contributed by atoms with Crippen molar-refractivity contribution < 1.29 is 57.1 Å². The van der Waals surface area contributed by atoms with Crippen LogP contribution in [0.15, 0.2) is 17.2 Å². The van der Waals surface area contributed by atoms with Gasteiger partial charge in [-0.05, 0) is 13.8 Å². The Bertz CT molecular complexity index is 1360. The van der Waals surface area contributed by atoms with E-state index in [9.17, 15) is 43.9 Å². The van der Waals surface area contributed by atoms with E-state index >= 15 is 13.2 Å². The monoisotopic (exact) mass is 534 g/mol. The van der Waals surface area contributed by atoms with Crippen molar-refractivity contribution in [3.8, 4) is 0 Å². The van der Waals surface area contributed by atoms with E-state index in [2.05, 4.69) is 0 Å². The molecule has 193 valence electrons. The van der Waals surface area contributed by atoms with Crippen LogP contribution in [-0.4, -0.2) is 18.0 Å². The molecule has 0 N–H and O–H groups in total. The zero-order valence-corrected chi connectivity index (χ0v) is 17.6. The van der Waals surface area contributed by atoms with E-state index < -0.39 is 115 Å². The van der Waals surface area contributed by atoms with Gasteiger partial charge >= 0.3 is 0 Å². The molecular formula is C22H9F13N. The Morgan fingerprint density at radius 2 is 1.14 bits per heavy atom. The molecule has 2 aromatic rings. The molecule has 4 rings (SSSR count). The normalized spacial score (nSPS) is 21.5. The second kappa shape index (κ2) is 8.17. The van der Waals surface area contributed by atoms with Gasteiger partial charge in [0.15, 0.2) is 64.4 Å². The van der Waals surface area contributed by atoms with Gasteiger partial charge in [-0.3, -0.25) is 0 Å². The predicted octanol–water partition coefficient (Wildman–Crippen LogP) is 7.34. The molecule has 0 aliphatic heterocycles. The van der Waals surface area contributed by atoms with Crippen LogP contribution in [-0.2, 0) is 0 Å². The highest BCUT2D eigenvalue weighted by atomic mass is 19.2. The van der Waals surface area contributed by atoms with E-state index in [1.807, 2.05) is 0 Å². The van der Waals surface area contributed by atoms with Gasteiger partial charge in [-0.1, -0.05) is 0 Å². The van der Waals surface area contributed by atoms with Crippen LogP contribution in [0.2, 0.25) is 0 Å². The quantitative estimate of drug-likeness (QED) is 0.172. The molecule has 2 aromatic carbocycles. The summed E-state index contributed by atoms with van der Waals surface area (Å²) >= 11 is 0. The zero-order chi connectivity index (χ0) is 27.2. The van der Waals surface area contributed by atoms with Crippen LogP contribution in [0, 0.1) is 58.8 Å². The van der Waals surface area contributed by atoms with Crippen LogP contribution >= 0.6 is 0 Å². The van der Waals surface area contributed by atoms with E-state index in [1.165, 1.54) is 0 Å². The topological polar surface area (TPSA) is 3.24 Å². The predicted molar refractivity (Wildman–Crippen MR) is 98.4 cm³/mol. The molecule has 2 aliphatic carbocycles. The molecule has 0 amide bonds. The average molecular weight is 534 g/mol. The smallest absolute Gasteiger partial charge is 0.273 e. The number of alkyl halides is 2. The number of benzene rings is 2. The minimum atomic E-state index is -4.78. The van der Waals surface area contributed by atoms with Crippen molar-refractivity contribution in [1.82, 2.24) is 0 Å². The van der Waals surface area contributed by atoms with Crippen molar-refractivity contribution in [2.75, 3.05) is 4.90 Å². The molecule has 0 bridgehead atoms. The van der Waals surface area contributed by atoms with Crippen LogP contribution in [0.4, 0.5) is 62.8 Å². The molecule has 0 saturated heterocycles. The highest BCUT2D eigenvalue weighted by molar-refractivity contribution is 5.89. The maximum Gasteiger partial charge on any atom is 0.273 e. The van der Waals surface area contributed by atoms with Gasteiger partial charge in [-0.15, -0.1) is 0 Å². The number of allylic oxidation sites excluding steroid dienone is 2. The molecule has 0 heterocycles. The highest BCUT2D eigenvalue weighted by Gasteiger charge is 2.61. The molecule has 14 heteroatoms. The van der Waals surface area contributed by atoms with E-state index in [4.69, 9.17) is 0 Å². The first-order valence-corrected chi connectivity index (χ1v) is 9.75. The van der Waals surface area contributed by atoms with E-state index in [0.717, 1.165) is 13.8 Å². The van der Waals surface area contributed by atoms with Crippen molar-refractivity contribution in [1.29, 1.82) is 0 Å². The molecule has 36 heavy (non-hydrogen) atoms. The molecule has 2 atom stereocenters. The molecule has 0 saturated carbocycles. The number of anilines is 1. The Balaban J connectivity index is 2.04. The third-order valence-corrected chi connectivity index (χ3v) is 5.77. The van der Waals surface area contributed by atoms with Crippen molar-refractivity contribution in [2.24, 2.45) is 0 Å². The van der Waals surface area contributed by atoms with Crippen LogP contribution in [0.1, 0.15) is 25.0 Å². The van der Waals surface area contributed by atoms with Crippen LogP contribution < -0.4 is 4.90 Å². The Morgan fingerprint density at radius 1 is 0.694 bits per heavy atom. The molecule has 0 spiro atoms. The Morgan fingerprint density at radius 3 is 1.64 bits per heavy atom. The Hall–Kier alpha value is -3.19. The first kappa shape index (κ1) is 25.9. The lowest BCUT2D eigenvalue weighted by molar-refractivity contribution is 0.0746. The summed E-state index contributed by atoms with van der Waals surface area (Å²) in [5, 5.41) is 0. The summed E-state index contributed by atoms with van der Waals surface area (Å²) in [7, 11) is 0. The molecule has 2 unspecified atom stereocenters. The SMILES string of the molecule is CC(C)N(c1c(F)c(F)c(F)c(F)c1F)C1(F)C(F)=C(F)C2=C(c3c(F)c(F)c(F)c(F)c3[CH]2)C1F. The zero-order valence-electron chi connectivity index (χ0n) is 17.6. The summed E-state index contributed by atoms with van der Waals surface area (Å²) < 4.78 is 188. The first-order valence-electron chi connectivity index (χ1n) is 9.75. The maximum absolute atomic E-state index is 16.3. The second-order valence-corrected chi connectivity index (χ2v) is 8.06. The van der Waals surface area contributed by atoms with Crippen molar-refractivity contribution >= 4 is 11.3 Å². The highest BCUT2D eigenvalue weighted by Crippen LogP contribution is 2.56. The fourth-order valence-electron chi connectivity index (χ4n) is 4.25. The van der Waals surface area contributed by atoms with Gasteiger partial charge in [0.05, 0.1) is 0 Å². The fraction of sp³-hybridized carbons (Fsp3) is 0.227. The minimum Gasteiger partial charge on any atom is -0.324 e. The first-order chi connectivity index (χ1) is 16.6. The van der Waals surface area contributed by atoms with Gasteiger partial charge < -0.3 is 4.90 Å². The number of hydrogen-bond donors (Lipinski definition) is 0. The number of hydrogen-bond acceptors (Lipinski definition) is 1. The van der Waals surface area contributed by atoms with Gasteiger partial charge in [-0.2, -0.15) is 0 Å². The largest absolute Gasteiger partial charge is 0.324 e. The summed E-state index contributed by atoms with van der Waals surface area (Å²) in [4.78, 5) is -0.654. The summed E-state index contributed by atoms with van der Waals surface area (Å²) in [6, 6.07) is -1.89. The van der Waals surface area contributed by atoms with Gasteiger partial charge in [0.25, 0.3) is 5.79 Å². The molecule has 1 nitrogen and oxygen atoms in total. The third kappa shape index (κ3) is 3.05. The third-order valence-electron chi connectivity index (χ3n) is 5.77. The van der Waals surface area contributed by atoms with Gasteiger partial charge in [0.2, 0.25) is 5.82 Å². The minimum absolute atomic E-state index is 0.144. The van der Waals surface area contributed by atoms with Crippen LogP contribution in [0.5, 0.6) is 0 Å².